The van der Waals surface area contributed by atoms with Crippen LogP contribution in [0.3, 0.4) is 0 Å². The van der Waals surface area contributed by atoms with Gasteiger partial charge in [0.15, 0.2) is 0 Å². The lowest BCUT2D eigenvalue weighted by molar-refractivity contribution is -0.149. The molecule has 0 unspecified atom stereocenters. The number of nitrogens with two attached hydrogens (primary N) is 1. The molecule has 150 valence electrons. The Hall–Kier alpha value is -0.800. The molecule has 4 N–H and O–H groups in total. The zero-order valence-corrected chi connectivity index (χ0v) is 17.2. The van der Waals surface area contributed by atoms with E-state index in [0.29, 0.717) is 13.1 Å². The molecular weight excluding hydrogens is 407 g/mol. The highest BCUT2D eigenvalue weighted by molar-refractivity contribution is 6.67. The van der Waals surface area contributed by atoms with Gasteiger partial charge in [-0.1, -0.05) is 48.7 Å². The number of halogens is 3. The van der Waals surface area contributed by atoms with Crippen LogP contribution in [0.25, 0.3) is 0 Å². The Labute approximate surface area is 168 Å². The van der Waals surface area contributed by atoms with E-state index in [9.17, 15) is 14.4 Å². The van der Waals surface area contributed by atoms with Crippen molar-refractivity contribution in [1.82, 2.24) is 15.5 Å². The summed E-state index contributed by atoms with van der Waals surface area (Å²) in [5.41, 5.74) is 5.78. The molecular formula is C15H25Cl3N4O4. The maximum absolute atomic E-state index is 12.5. The van der Waals surface area contributed by atoms with Gasteiger partial charge < -0.3 is 26.0 Å². The van der Waals surface area contributed by atoms with Crippen molar-refractivity contribution >= 4 is 52.6 Å². The van der Waals surface area contributed by atoms with Gasteiger partial charge in [0.25, 0.3) is 0 Å². The van der Waals surface area contributed by atoms with E-state index in [1.165, 1.54) is 4.90 Å². The molecule has 3 atom stereocenters. The summed E-state index contributed by atoms with van der Waals surface area (Å²) in [6.07, 6.45) is 0. The molecule has 0 radical (unpaired) electrons. The summed E-state index contributed by atoms with van der Waals surface area (Å²) in [4.78, 5) is 38.1. The Morgan fingerprint density at radius 3 is 2.46 bits per heavy atom. The molecule has 0 aromatic rings. The van der Waals surface area contributed by atoms with E-state index >= 15 is 0 Å². The van der Waals surface area contributed by atoms with Crippen LogP contribution >= 0.6 is 34.8 Å². The third-order valence-electron chi connectivity index (χ3n) is 3.90. The van der Waals surface area contributed by atoms with Gasteiger partial charge in [0.1, 0.15) is 18.7 Å². The molecule has 1 aliphatic heterocycles. The lowest BCUT2D eigenvalue weighted by Crippen LogP contribution is -2.60. The van der Waals surface area contributed by atoms with Crippen LogP contribution in [0, 0.1) is 5.92 Å². The summed E-state index contributed by atoms with van der Waals surface area (Å²) in [5.74, 6) is -1.37. The molecule has 1 heterocycles. The fourth-order valence-electron chi connectivity index (χ4n) is 2.31. The second kappa shape index (κ2) is 9.94. The van der Waals surface area contributed by atoms with Gasteiger partial charge in [0.2, 0.25) is 15.6 Å². The van der Waals surface area contributed by atoms with Gasteiger partial charge in [0, 0.05) is 19.6 Å². The summed E-state index contributed by atoms with van der Waals surface area (Å²) in [6, 6.07) is -2.19. The Balaban J connectivity index is 2.58. The van der Waals surface area contributed by atoms with Gasteiger partial charge in [0.05, 0.1) is 6.04 Å². The number of ether oxygens (including phenoxy) is 1. The fourth-order valence-corrected chi connectivity index (χ4v) is 2.47. The quantitative estimate of drug-likeness (QED) is 0.409. The molecule has 0 saturated carbocycles. The minimum absolute atomic E-state index is 0.0476. The van der Waals surface area contributed by atoms with E-state index in [0.717, 1.165) is 0 Å². The van der Waals surface area contributed by atoms with Gasteiger partial charge in [-0.2, -0.15) is 0 Å². The van der Waals surface area contributed by atoms with Crippen molar-refractivity contribution in [1.29, 1.82) is 0 Å². The zero-order chi connectivity index (χ0) is 20.1. The Morgan fingerprint density at radius 2 is 1.92 bits per heavy atom. The number of nitrogens with one attached hydrogen (secondary N) is 2. The zero-order valence-electron chi connectivity index (χ0n) is 14.9. The van der Waals surface area contributed by atoms with Crippen LogP contribution in [0.5, 0.6) is 0 Å². The average Bonchev–Trinajstić information content (AvgIpc) is 2.57. The summed E-state index contributed by atoms with van der Waals surface area (Å²) in [6.45, 7) is 5.71. The van der Waals surface area contributed by atoms with E-state index in [2.05, 4.69) is 10.6 Å². The monoisotopic (exact) mass is 430 g/mol. The number of hydrogen-bond donors (Lipinski definition) is 3. The highest BCUT2D eigenvalue weighted by atomic mass is 35.6. The fraction of sp³-hybridized carbons (Fsp3) is 0.800. The highest BCUT2D eigenvalue weighted by Gasteiger charge is 2.33. The van der Waals surface area contributed by atoms with Gasteiger partial charge in [-0.25, -0.2) is 0 Å². The van der Waals surface area contributed by atoms with Crippen LogP contribution in [0.1, 0.15) is 20.8 Å². The van der Waals surface area contributed by atoms with E-state index in [4.69, 9.17) is 45.3 Å². The third kappa shape index (κ3) is 7.44. The highest BCUT2D eigenvalue weighted by Crippen LogP contribution is 2.26. The smallest absolute Gasteiger partial charge is 0.325 e. The summed E-state index contributed by atoms with van der Waals surface area (Å²) < 4.78 is 3.23. The van der Waals surface area contributed by atoms with Crippen molar-refractivity contribution in [3.63, 3.8) is 0 Å². The average molecular weight is 432 g/mol. The van der Waals surface area contributed by atoms with Crippen molar-refractivity contribution in [3.05, 3.63) is 0 Å². The topological polar surface area (TPSA) is 114 Å². The van der Waals surface area contributed by atoms with E-state index in [1.54, 1.807) is 6.92 Å². The Kier molecular flexibility index (Phi) is 8.88. The van der Waals surface area contributed by atoms with Crippen molar-refractivity contribution in [2.45, 2.75) is 42.7 Å². The molecule has 11 heteroatoms. The second-order valence-electron chi connectivity index (χ2n) is 6.51. The molecule has 0 aromatic carbocycles. The van der Waals surface area contributed by atoms with Crippen LogP contribution < -0.4 is 16.4 Å². The summed E-state index contributed by atoms with van der Waals surface area (Å²) >= 11 is 16.7. The molecule has 0 bridgehead atoms. The molecule has 0 aliphatic carbocycles. The largest absolute Gasteiger partial charge is 0.460 e. The van der Waals surface area contributed by atoms with Crippen LogP contribution in [0.15, 0.2) is 0 Å². The minimum atomic E-state index is -1.70. The van der Waals surface area contributed by atoms with E-state index in [-0.39, 0.29) is 25.0 Å². The van der Waals surface area contributed by atoms with Crippen LogP contribution in [0.4, 0.5) is 0 Å². The number of esters is 1. The Bertz CT molecular complexity index is 528. The van der Waals surface area contributed by atoms with Gasteiger partial charge in [-0.05, 0) is 12.8 Å². The Morgan fingerprint density at radius 1 is 1.31 bits per heavy atom. The molecule has 26 heavy (non-hydrogen) atoms. The molecule has 1 aliphatic rings. The lowest BCUT2D eigenvalue weighted by Gasteiger charge is -2.34. The predicted octanol–water partition coefficient (Wildman–Crippen LogP) is 0.188. The van der Waals surface area contributed by atoms with E-state index < -0.39 is 33.8 Å². The summed E-state index contributed by atoms with van der Waals surface area (Å²) in [5, 5.41) is 5.55. The maximum Gasteiger partial charge on any atom is 0.325 e. The second-order valence-corrected chi connectivity index (χ2v) is 9.03. The predicted molar refractivity (Wildman–Crippen MR) is 100 cm³/mol. The first kappa shape index (κ1) is 23.2. The van der Waals surface area contributed by atoms with Crippen LogP contribution in [0.2, 0.25) is 0 Å². The molecule has 8 nitrogen and oxygen atoms in total. The molecule has 0 spiro atoms. The maximum atomic E-state index is 12.5. The first-order valence-corrected chi connectivity index (χ1v) is 9.37. The molecule has 1 saturated heterocycles. The normalized spacial score (nSPS) is 20.5. The number of amides is 2. The van der Waals surface area contributed by atoms with Crippen molar-refractivity contribution in [2.75, 3.05) is 26.2 Å². The standard InChI is InChI=1S/C15H25Cl3N4O4/c1-8(2)11(19)12(23)21-9(3)13(24)22-5-4-20-10(6-22)14(25)26-7-15(16,17)18/h8-11,20H,4-7,19H2,1-3H3,(H,21,23)/t9-,10-,11-/m0/s1. The van der Waals surface area contributed by atoms with Crippen LogP contribution in [-0.2, 0) is 19.1 Å². The number of nitrogens with zero attached hydrogens (tertiary/aromatic N) is 1. The first-order valence-electron chi connectivity index (χ1n) is 8.24. The lowest BCUT2D eigenvalue weighted by atomic mass is 10.0. The number of piperazine rings is 1. The third-order valence-corrected chi connectivity index (χ3v) is 4.23. The van der Waals surface area contributed by atoms with E-state index in [1.807, 2.05) is 13.8 Å². The molecule has 2 amide bonds. The number of alkyl halides is 3. The number of rotatable bonds is 6. The molecule has 1 rings (SSSR count). The molecule has 1 fully saturated rings. The minimum Gasteiger partial charge on any atom is -0.460 e. The van der Waals surface area contributed by atoms with Crippen molar-refractivity contribution in [3.8, 4) is 0 Å². The van der Waals surface area contributed by atoms with Crippen LogP contribution in [-0.4, -0.2) is 70.8 Å². The molecule has 0 aromatic heterocycles. The number of carbonyl (C=O) groups excluding carboxylic acids is 3. The SMILES string of the molecule is CC(C)[C@H](N)C(=O)N[C@@H](C)C(=O)N1CCN[C@H](C(=O)OCC(Cl)(Cl)Cl)C1. The number of hydrogen-bond acceptors (Lipinski definition) is 6. The van der Waals surface area contributed by atoms with Gasteiger partial charge in [-0.15, -0.1) is 0 Å². The first-order chi connectivity index (χ1) is 11.9. The number of carbonyl (C=O) groups is 3. The van der Waals surface area contributed by atoms with Crippen molar-refractivity contribution < 1.29 is 19.1 Å². The summed E-state index contributed by atoms with van der Waals surface area (Å²) in [7, 11) is 0. The van der Waals surface area contributed by atoms with Gasteiger partial charge in [-0.3, -0.25) is 14.4 Å². The van der Waals surface area contributed by atoms with Gasteiger partial charge >= 0.3 is 5.97 Å². The van der Waals surface area contributed by atoms with Crippen molar-refractivity contribution in [2.24, 2.45) is 11.7 Å².